The molecule has 1 aromatic carbocycles. The van der Waals surface area contributed by atoms with Crippen LogP contribution in [0.2, 0.25) is 0 Å². The first-order valence-corrected chi connectivity index (χ1v) is 8.00. The van der Waals surface area contributed by atoms with E-state index < -0.39 is 7.12 Å². The summed E-state index contributed by atoms with van der Waals surface area (Å²) >= 11 is 0. The molecule has 0 aromatic heterocycles. The summed E-state index contributed by atoms with van der Waals surface area (Å²) in [5, 5.41) is 18.0. The second-order valence-electron chi connectivity index (χ2n) is 6.12. The van der Waals surface area contributed by atoms with Gasteiger partial charge in [-0.3, -0.25) is 4.79 Å². The predicted molar refractivity (Wildman–Crippen MR) is 87.8 cm³/mol. The molecule has 0 unspecified atom stereocenters. The number of hydrogen-bond acceptors (Lipinski definition) is 3. The first kappa shape index (κ1) is 17.9. The van der Waals surface area contributed by atoms with E-state index in [2.05, 4.69) is 13.8 Å². The van der Waals surface area contributed by atoms with Crippen LogP contribution in [0.5, 0.6) is 0 Å². The topological polar surface area (TPSA) is 57.5 Å². The van der Waals surface area contributed by atoms with Crippen LogP contribution in [0.3, 0.4) is 0 Å². The van der Waals surface area contributed by atoms with Crippen LogP contribution < -0.4 is 5.46 Å². The lowest BCUT2D eigenvalue weighted by atomic mass is 9.80. The van der Waals surface area contributed by atoms with Crippen molar-refractivity contribution in [2.75, 3.05) is 0 Å². The molecule has 0 bridgehead atoms. The molecule has 0 aliphatic heterocycles. The summed E-state index contributed by atoms with van der Waals surface area (Å²) in [5.41, 5.74) is 1.07. The third-order valence-electron chi connectivity index (χ3n) is 3.72. The number of carbonyl (C=O) groups is 1. The Labute approximate surface area is 128 Å². The minimum Gasteiger partial charge on any atom is -0.423 e. The van der Waals surface area contributed by atoms with Gasteiger partial charge in [-0.2, -0.15) is 0 Å². The van der Waals surface area contributed by atoms with Crippen LogP contribution >= 0.6 is 0 Å². The smallest absolute Gasteiger partial charge is 0.423 e. The number of ketones is 1. The van der Waals surface area contributed by atoms with Crippen molar-refractivity contribution in [3.8, 4) is 0 Å². The summed E-state index contributed by atoms with van der Waals surface area (Å²) in [6.07, 6.45) is 7.66. The highest BCUT2D eigenvalue weighted by atomic mass is 16.4. The van der Waals surface area contributed by atoms with E-state index in [1.807, 2.05) is 0 Å². The van der Waals surface area contributed by atoms with Gasteiger partial charge in [-0.15, -0.1) is 0 Å². The maximum absolute atomic E-state index is 12.0. The van der Waals surface area contributed by atoms with E-state index in [9.17, 15) is 4.79 Å². The summed E-state index contributed by atoms with van der Waals surface area (Å²) in [6.45, 7) is 4.50. The molecule has 0 aliphatic carbocycles. The van der Waals surface area contributed by atoms with Gasteiger partial charge in [-0.1, -0.05) is 70.2 Å². The number of carbonyl (C=O) groups excluding carboxylic acids is 1. The number of benzene rings is 1. The molecule has 116 valence electrons. The van der Waals surface area contributed by atoms with E-state index in [4.69, 9.17) is 10.0 Å². The Morgan fingerprint density at radius 1 is 1.00 bits per heavy atom. The van der Waals surface area contributed by atoms with Crippen molar-refractivity contribution in [1.29, 1.82) is 0 Å². The number of rotatable bonds is 10. The highest BCUT2D eigenvalue weighted by Crippen LogP contribution is 2.12. The largest absolute Gasteiger partial charge is 0.488 e. The summed E-state index contributed by atoms with van der Waals surface area (Å²) in [5.74, 6) is 0.920. The molecule has 3 nitrogen and oxygen atoms in total. The fourth-order valence-electron chi connectivity index (χ4n) is 2.35. The average Bonchev–Trinajstić information content (AvgIpc) is 2.45. The maximum atomic E-state index is 12.0. The lowest BCUT2D eigenvalue weighted by molar-refractivity contribution is 0.0979. The molecule has 1 rings (SSSR count). The Hall–Kier alpha value is -1.13. The van der Waals surface area contributed by atoms with Gasteiger partial charge in [-0.05, 0) is 17.8 Å². The van der Waals surface area contributed by atoms with Crippen LogP contribution in [0.4, 0.5) is 0 Å². The molecule has 0 amide bonds. The second-order valence-corrected chi connectivity index (χ2v) is 6.12. The van der Waals surface area contributed by atoms with Crippen LogP contribution in [-0.4, -0.2) is 22.9 Å². The predicted octanol–water partition coefficient (Wildman–Crippen LogP) is 2.94. The summed E-state index contributed by atoms with van der Waals surface area (Å²) in [4.78, 5) is 12.0. The third-order valence-corrected chi connectivity index (χ3v) is 3.72. The third kappa shape index (κ3) is 7.44. The molecule has 0 heterocycles. The van der Waals surface area contributed by atoms with Gasteiger partial charge in [0.1, 0.15) is 0 Å². The first-order valence-electron chi connectivity index (χ1n) is 8.00. The molecule has 0 radical (unpaired) electrons. The average molecular weight is 290 g/mol. The van der Waals surface area contributed by atoms with Gasteiger partial charge in [0.2, 0.25) is 0 Å². The zero-order valence-corrected chi connectivity index (χ0v) is 13.2. The summed E-state index contributed by atoms with van der Waals surface area (Å²) in [6, 6.07) is 6.51. The fraction of sp³-hybridized carbons (Fsp3) is 0.588. The van der Waals surface area contributed by atoms with Crippen molar-refractivity contribution in [2.24, 2.45) is 5.92 Å². The van der Waals surface area contributed by atoms with Crippen molar-refractivity contribution in [1.82, 2.24) is 0 Å². The van der Waals surface area contributed by atoms with Crippen LogP contribution in [-0.2, 0) is 0 Å². The van der Waals surface area contributed by atoms with Gasteiger partial charge in [0, 0.05) is 12.0 Å². The normalized spacial score (nSPS) is 10.9. The van der Waals surface area contributed by atoms with Gasteiger partial charge in [-0.25, -0.2) is 0 Å². The number of Topliss-reactive ketones (excluding diaryl/α,β-unsaturated/α-hetero) is 1. The molecular formula is C17H27BO3. The van der Waals surface area contributed by atoms with E-state index in [1.165, 1.54) is 25.7 Å². The standard InChI is InChI=1S/C17H27BO3/c1-14(2)8-6-4-3-5-7-9-17(19)15-10-12-16(13-11-15)18(20)21/h10-14,20-21H,3-9H2,1-2H3. The second kappa shape index (κ2) is 9.75. The quantitative estimate of drug-likeness (QED) is 0.396. The van der Waals surface area contributed by atoms with E-state index in [0.717, 1.165) is 18.8 Å². The highest BCUT2D eigenvalue weighted by Gasteiger charge is 2.11. The van der Waals surface area contributed by atoms with Crippen molar-refractivity contribution < 1.29 is 14.8 Å². The molecule has 2 N–H and O–H groups in total. The van der Waals surface area contributed by atoms with Crippen LogP contribution in [0.15, 0.2) is 24.3 Å². The molecule has 4 heteroatoms. The Bertz CT molecular complexity index is 413. The minimum atomic E-state index is -1.47. The molecule has 0 saturated carbocycles. The molecule has 0 atom stereocenters. The zero-order chi connectivity index (χ0) is 15.7. The van der Waals surface area contributed by atoms with Crippen molar-refractivity contribution in [3.05, 3.63) is 29.8 Å². The molecule has 0 aliphatic rings. The zero-order valence-electron chi connectivity index (χ0n) is 13.2. The van der Waals surface area contributed by atoms with Crippen molar-refractivity contribution >= 4 is 18.4 Å². The molecule has 0 spiro atoms. The Morgan fingerprint density at radius 2 is 1.57 bits per heavy atom. The first-order chi connectivity index (χ1) is 10.0. The van der Waals surface area contributed by atoms with E-state index >= 15 is 0 Å². The molecule has 21 heavy (non-hydrogen) atoms. The monoisotopic (exact) mass is 290 g/mol. The van der Waals surface area contributed by atoms with Crippen LogP contribution in [0, 0.1) is 5.92 Å². The van der Waals surface area contributed by atoms with Gasteiger partial charge < -0.3 is 10.0 Å². The minimum absolute atomic E-state index is 0.135. The number of hydrogen-bond donors (Lipinski definition) is 2. The number of unbranched alkanes of at least 4 members (excludes halogenated alkanes) is 4. The van der Waals surface area contributed by atoms with E-state index in [-0.39, 0.29) is 5.78 Å². The lowest BCUT2D eigenvalue weighted by Crippen LogP contribution is -2.29. The van der Waals surface area contributed by atoms with Crippen molar-refractivity contribution in [3.63, 3.8) is 0 Å². The van der Waals surface area contributed by atoms with Gasteiger partial charge in [0.25, 0.3) is 0 Å². The Balaban J connectivity index is 2.19. The van der Waals surface area contributed by atoms with Gasteiger partial charge in [0.05, 0.1) is 0 Å². The van der Waals surface area contributed by atoms with Gasteiger partial charge >= 0.3 is 7.12 Å². The van der Waals surface area contributed by atoms with Crippen LogP contribution in [0.25, 0.3) is 0 Å². The maximum Gasteiger partial charge on any atom is 0.488 e. The Morgan fingerprint density at radius 3 is 2.14 bits per heavy atom. The summed E-state index contributed by atoms with van der Waals surface area (Å²) in [7, 11) is -1.47. The molecular weight excluding hydrogens is 263 g/mol. The SMILES string of the molecule is CC(C)CCCCCCCC(=O)c1ccc(B(O)O)cc1. The molecule has 1 aromatic rings. The van der Waals surface area contributed by atoms with E-state index in [0.29, 0.717) is 17.4 Å². The molecule has 0 fully saturated rings. The van der Waals surface area contributed by atoms with Gasteiger partial charge in [0.15, 0.2) is 5.78 Å². The molecule has 0 saturated heterocycles. The highest BCUT2D eigenvalue weighted by molar-refractivity contribution is 6.58. The van der Waals surface area contributed by atoms with Crippen LogP contribution in [0.1, 0.15) is 69.2 Å². The fourth-order valence-corrected chi connectivity index (χ4v) is 2.35. The summed E-state index contributed by atoms with van der Waals surface area (Å²) < 4.78 is 0. The Kier molecular flexibility index (Phi) is 8.32. The van der Waals surface area contributed by atoms with E-state index in [1.54, 1.807) is 24.3 Å². The lowest BCUT2D eigenvalue weighted by Gasteiger charge is -2.05. The van der Waals surface area contributed by atoms with Crippen molar-refractivity contribution in [2.45, 2.75) is 58.8 Å².